The van der Waals surface area contributed by atoms with Crippen LogP contribution in [0.15, 0.2) is 36.8 Å². The third-order valence-electron chi connectivity index (χ3n) is 7.44. The van der Waals surface area contributed by atoms with Crippen LogP contribution in [0.3, 0.4) is 0 Å². The smallest absolute Gasteiger partial charge is 0.323 e. The zero-order valence-corrected chi connectivity index (χ0v) is 18.8. The molecule has 0 aromatic carbocycles. The van der Waals surface area contributed by atoms with E-state index in [9.17, 15) is 4.79 Å². The highest BCUT2D eigenvalue weighted by molar-refractivity contribution is 5.88. The molecule has 2 fully saturated rings. The van der Waals surface area contributed by atoms with Gasteiger partial charge in [-0.15, -0.1) is 0 Å². The quantitative estimate of drug-likeness (QED) is 0.633. The molecule has 2 aliphatic rings. The predicted octanol–water partition coefficient (Wildman–Crippen LogP) is 3.92. The summed E-state index contributed by atoms with van der Waals surface area (Å²) in [5, 5.41) is 12.9. The number of pyridine rings is 1. The molecule has 9 heteroatoms. The number of hydrogen-bond donors (Lipinski definition) is 2. The summed E-state index contributed by atoms with van der Waals surface area (Å²) in [5.74, 6) is 1.41. The van der Waals surface area contributed by atoms with Gasteiger partial charge in [-0.2, -0.15) is 5.26 Å². The summed E-state index contributed by atoms with van der Waals surface area (Å²) in [7, 11) is 2.14. The van der Waals surface area contributed by atoms with Crippen LogP contribution in [0.4, 0.5) is 16.4 Å². The topological polar surface area (TPSA) is 114 Å². The highest BCUT2D eigenvalue weighted by Gasteiger charge is 2.40. The minimum Gasteiger partial charge on any atom is -0.356 e. The molecule has 1 aliphatic heterocycles. The molecule has 4 heterocycles. The maximum absolute atomic E-state index is 12.7. The molecule has 0 unspecified atom stereocenters. The highest BCUT2D eigenvalue weighted by atomic mass is 16.2. The maximum Gasteiger partial charge on any atom is 0.323 e. The van der Waals surface area contributed by atoms with Crippen molar-refractivity contribution in [1.82, 2.24) is 24.8 Å². The van der Waals surface area contributed by atoms with Crippen molar-refractivity contribution in [3.63, 3.8) is 0 Å². The van der Waals surface area contributed by atoms with Crippen molar-refractivity contribution in [2.75, 3.05) is 30.4 Å². The van der Waals surface area contributed by atoms with Crippen LogP contribution in [0.1, 0.15) is 44.2 Å². The molecule has 1 saturated heterocycles. The molecule has 2 amide bonds. The van der Waals surface area contributed by atoms with Crippen molar-refractivity contribution in [2.24, 2.45) is 5.41 Å². The second kappa shape index (κ2) is 8.70. The van der Waals surface area contributed by atoms with E-state index in [1.807, 2.05) is 23.2 Å². The van der Waals surface area contributed by atoms with E-state index >= 15 is 0 Å². The van der Waals surface area contributed by atoms with Gasteiger partial charge in [0.25, 0.3) is 0 Å². The van der Waals surface area contributed by atoms with Crippen LogP contribution in [-0.2, 0) is 0 Å². The Balaban J connectivity index is 1.16. The molecule has 0 bridgehead atoms. The average molecular weight is 445 g/mol. The van der Waals surface area contributed by atoms with Gasteiger partial charge in [0, 0.05) is 32.4 Å². The van der Waals surface area contributed by atoms with Crippen molar-refractivity contribution in [3.05, 3.63) is 42.5 Å². The van der Waals surface area contributed by atoms with Crippen molar-refractivity contribution >= 4 is 28.7 Å². The normalized spacial score (nSPS) is 18.2. The van der Waals surface area contributed by atoms with E-state index in [0.717, 1.165) is 55.6 Å². The number of piperidine rings is 1. The molecule has 1 saturated carbocycles. The summed E-state index contributed by atoms with van der Waals surface area (Å²) in [6.45, 7) is 1.50. The zero-order chi connectivity index (χ0) is 22.8. The van der Waals surface area contributed by atoms with Gasteiger partial charge in [0.15, 0.2) is 0 Å². The lowest BCUT2D eigenvalue weighted by molar-refractivity contribution is 0.0786. The number of aromatic amines is 1. The number of H-pyrrole nitrogens is 1. The Morgan fingerprint density at radius 1 is 1.21 bits per heavy atom. The van der Waals surface area contributed by atoms with Gasteiger partial charge in [-0.25, -0.2) is 19.7 Å². The van der Waals surface area contributed by atoms with Crippen LogP contribution in [0, 0.1) is 16.7 Å². The van der Waals surface area contributed by atoms with Crippen molar-refractivity contribution in [3.8, 4) is 6.07 Å². The standard InChI is InChI=1S/C24H28N8O/c1-31(22-19-7-12-26-21(19)27-16-28-22)18-5-8-24(9-6-18)10-13-32(14-11-24)23(33)30-20-4-2-3-17(15-25)29-20/h2-4,7,12,16,18H,5-6,8-11,13-14H2,1H3,(H,26,27,28)(H,29,30,33). The number of fused-ring (bicyclic) bond motifs is 1. The van der Waals surface area contributed by atoms with Gasteiger partial charge in [-0.3, -0.25) is 5.32 Å². The fraction of sp³-hybridized carbons (Fsp3) is 0.458. The summed E-state index contributed by atoms with van der Waals surface area (Å²) >= 11 is 0. The molecule has 1 aliphatic carbocycles. The number of aromatic nitrogens is 4. The first-order chi connectivity index (χ1) is 16.1. The van der Waals surface area contributed by atoms with Crippen LogP contribution >= 0.6 is 0 Å². The summed E-state index contributed by atoms with van der Waals surface area (Å²) in [6, 6.07) is 9.42. The fourth-order valence-corrected chi connectivity index (χ4v) is 5.35. The summed E-state index contributed by atoms with van der Waals surface area (Å²) in [5.41, 5.74) is 1.49. The second-order valence-corrected chi connectivity index (χ2v) is 9.22. The van der Waals surface area contributed by atoms with E-state index in [-0.39, 0.29) is 6.03 Å². The monoisotopic (exact) mass is 444 g/mol. The lowest BCUT2D eigenvalue weighted by Crippen LogP contribution is -2.48. The van der Waals surface area contributed by atoms with Crippen LogP contribution in [0.5, 0.6) is 0 Å². The summed E-state index contributed by atoms with van der Waals surface area (Å²) in [4.78, 5) is 33.0. The van der Waals surface area contributed by atoms with Crippen LogP contribution in [-0.4, -0.2) is 57.0 Å². The zero-order valence-electron chi connectivity index (χ0n) is 18.8. The lowest BCUT2D eigenvalue weighted by atomic mass is 9.67. The number of carbonyl (C=O) groups is 1. The third-order valence-corrected chi connectivity index (χ3v) is 7.44. The third kappa shape index (κ3) is 4.21. The first-order valence-corrected chi connectivity index (χ1v) is 11.5. The van der Waals surface area contributed by atoms with Gasteiger partial charge >= 0.3 is 6.03 Å². The molecule has 0 radical (unpaired) electrons. The van der Waals surface area contributed by atoms with Gasteiger partial charge in [-0.05, 0) is 62.1 Å². The number of anilines is 2. The Hall–Kier alpha value is -3.67. The van der Waals surface area contributed by atoms with Crippen LogP contribution < -0.4 is 10.2 Å². The lowest BCUT2D eigenvalue weighted by Gasteiger charge is -2.47. The minimum atomic E-state index is -0.139. The van der Waals surface area contributed by atoms with Crippen LogP contribution in [0.25, 0.3) is 11.0 Å². The molecule has 2 N–H and O–H groups in total. The largest absolute Gasteiger partial charge is 0.356 e. The summed E-state index contributed by atoms with van der Waals surface area (Å²) in [6.07, 6.45) is 10.2. The van der Waals surface area contributed by atoms with Gasteiger partial charge < -0.3 is 14.8 Å². The number of nitriles is 1. The second-order valence-electron chi connectivity index (χ2n) is 9.22. The number of nitrogens with zero attached hydrogens (tertiary/aromatic N) is 6. The number of carbonyl (C=O) groups excluding carboxylic acids is 1. The summed E-state index contributed by atoms with van der Waals surface area (Å²) < 4.78 is 0. The molecule has 5 rings (SSSR count). The van der Waals surface area contributed by atoms with Crippen molar-refractivity contribution in [2.45, 2.75) is 44.6 Å². The van der Waals surface area contributed by atoms with Gasteiger partial charge in [0.05, 0.1) is 5.39 Å². The first kappa shape index (κ1) is 21.2. The number of urea groups is 1. The molecule has 3 aromatic rings. The molecular weight excluding hydrogens is 416 g/mol. The molecule has 33 heavy (non-hydrogen) atoms. The SMILES string of the molecule is CN(c1ncnc2[nH]ccc12)C1CCC2(CC1)CCN(C(=O)Nc1cccc(C#N)n1)CC2. The molecule has 3 aromatic heterocycles. The van der Waals surface area contributed by atoms with E-state index in [1.165, 1.54) is 12.8 Å². The minimum absolute atomic E-state index is 0.139. The van der Waals surface area contributed by atoms with E-state index in [1.54, 1.807) is 24.5 Å². The number of amides is 2. The van der Waals surface area contributed by atoms with E-state index in [2.05, 4.69) is 37.2 Å². The first-order valence-electron chi connectivity index (χ1n) is 11.5. The Bertz CT molecular complexity index is 1180. The number of hydrogen-bond acceptors (Lipinski definition) is 6. The van der Waals surface area contributed by atoms with Crippen LogP contribution in [0.2, 0.25) is 0 Å². The Kier molecular flexibility index (Phi) is 5.58. The van der Waals surface area contributed by atoms with E-state index in [4.69, 9.17) is 5.26 Å². The van der Waals surface area contributed by atoms with Gasteiger partial charge in [-0.1, -0.05) is 6.07 Å². The number of likely N-dealkylation sites (tertiary alicyclic amines) is 1. The average Bonchev–Trinajstić information content (AvgIpc) is 3.34. The number of nitrogens with one attached hydrogen (secondary N) is 2. The molecule has 9 nitrogen and oxygen atoms in total. The highest BCUT2D eigenvalue weighted by Crippen LogP contribution is 2.46. The molecular formula is C24H28N8O. The van der Waals surface area contributed by atoms with Crippen molar-refractivity contribution in [1.29, 1.82) is 5.26 Å². The molecule has 1 spiro atoms. The molecule has 0 atom stereocenters. The van der Waals surface area contributed by atoms with E-state index in [0.29, 0.717) is 23.0 Å². The van der Waals surface area contributed by atoms with Gasteiger partial charge in [0.1, 0.15) is 35.4 Å². The Morgan fingerprint density at radius 2 is 2.00 bits per heavy atom. The van der Waals surface area contributed by atoms with E-state index < -0.39 is 0 Å². The number of rotatable bonds is 3. The fourth-order valence-electron chi connectivity index (χ4n) is 5.35. The Morgan fingerprint density at radius 3 is 2.76 bits per heavy atom. The predicted molar refractivity (Wildman–Crippen MR) is 126 cm³/mol. The van der Waals surface area contributed by atoms with Gasteiger partial charge in [0.2, 0.25) is 0 Å². The maximum atomic E-state index is 12.7. The van der Waals surface area contributed by atoms with Crippen molar-refractivity contribution < 1.29 is 4.79 Å². The molecule has 170 valence electrons. The Labute approximate surface area is 192 Å².